The van der Waals surface area contributed by atoms with Crippen LogP contribution in [-0.2, 0) is 9.53 Å². The third kappa shape index (κ3) is 6.12. The number of hydrogen-bond donors (Lipinski definition) is 2. The molecule has 0 aromatic heterocycles. The van der Waals surface area contributed by atoms with Gasteiger partial charge in [0.15, 0.2) is 0 Å². The van der Waals surface area contributed by atoms with E-state index in [-0.39, 0.29) is 49.0 Å². The monoisotopic (exact) mass is 389 g/mol. The van der Waals surface area contributed by atoms with Crippen LogP contribution in [0.15, 0.2) is 30.3 Å². The van der Waals surface area contributed by atoms with E-state index in [0.717, 1.165) is 38.0 Å². The fraction of sp³-hybridized carbons (Fsp3) is 0.611. The van der Waals surface area contributed by atoms with Crippen molar-refractivity contribution < 1.29 is 9.53 Å². The van der Waals surface area contributed by atoms with Gasteiger partial charge in [0.1, 0.15) is 6.10 Å². The average molecular weight is 390 g/mol. The van der Waals surface area contributed by atoms with Crippen LogP contribution in [0, 0.1) is 0 Å². The lowest BCUT2D eigenvalue weighted by molar-refractivity contribution is -0.132. The van der Waals surface area contributed by atoms with E-state index in [9.17, 15) is 4.79 Å². The van der Waals surface area contributed by atoms with Crippen molar-refractivity contribution >= 4 is 30.7 Å². The van der Waals surface area contributed by atoms with Crippen LogP contribution in [0.3, 0.4) is 0 Å². The summed E-state index contributed by atoms with van der Waals surface area (Å²) in [6, 6.07) is 10.2. The van der Waals surface area contributed by atoms with Gasteiger partial charge in [0.2, 0.25) is 5.91 Å². The molecule has 0 saturated carbocycles. The van der Waals surface area contributed by atoms with Gasteiger partial charge in [-0.1, -0.05) is 30.3 Å². The summed E-state index contributed by atoms with van der Waals surface area (Å²) in [5.41, 5.74) is 6.79. The number of carbonyl (C=O) groups is 1. The molecule has 142 valence electrons. The number of carbonyl (C=O) groups excluding carboxylic acids is 1. The molecule has 0 aliphatic carbocycles. The number of rotatable bonds is 6. The van der Waals surface area contributed by atoms with Gasteiger partial charge in [0.25, 0.3) is 0 Å². The molecule has 5 nitrogen and oxygen atoms in total. The largest absolute Gasteiger partial charge is 0.364 e. The van der Waals surface area contributed by atoms with Gasteiger partial charge >= 0.3 is 0 Å². The Hall–Kier alpha value is -0.850. The first-order chi connectivity index (χ1) is 11.3. The van der Waals surface area contributed by atoms with E-state index in [1.54, 1.807) is 0 Å². The first kappa shape index (κ1) is 22.2. The van der Waals surface area contributed by atoms with Gasteiger partial charge in [-0.25, -0.2) is 0 Å². The second kappa shape index (κ2) is 11.0. The Morgan fingerprint density at radius 3 is 2.48 bits per heavy atom. The summed E-state index contributed by atoms with van der Waals surface area (Å²) in [7, 11) is 0. The molecule has 1 unspecified atom stereocenters. The van der Waals surface area contributed by atoms with Gasteiger partial charge in [-0.15, -0.1) is 24.8 Å². The van der Waals surface area contributed by atoms with Gasteiger partial charge in [-0.05, 0) is 44.3 Å². The molecule has 0 radical (unpaired) electrons. The zero-order chi connectivity index (χ0) is 16.1. The molecule has 1 aromatic carbocycles. The van der Waals surface area contributed by atoms with Crippen LogP contribution in [0.5, 0.6) is 0 Å². The van der Waals surface area contributed by atoms with Crippen LogP contribution in [-0.4, -0.2) is 49.2 Å². The van der Waals surface area contributed by atoms with E-state index in [1.165, 1.54) is 12.8 Å². The topological polar surface area (TPSA) is 67.6 Å². The highest BCUT2D eigenvalue weighted by molar-refractivity contribution is 5.85. The van der Waals surface area contributed by atoms with Crippen molar-refractivity contribution in [2.75, 3.05) is 26.2 Å². The van der Waals surface area contributed by atoms with Crippen LogP contribution in [0.4, 0.5) is 0 Å². The predicted molar refractivity (Wildman–Crippen MR) is 104 cm³/mol. The maximum atomic E-state index is 12.6. The molecule has 3 N–H and O–H groups in total. The van der Waals surface area contributed by atoms with Crippen molar-refractivity contribution in [1.82, 2.24) is 10.2 Å². The molecule has 2 aliphatic heterocycles. The molecule has 2 saturated heterocycles. The maximum absolute atomic E-state index is 12.6. The normalized spacial score (nSPS) is 24.2. The quantitative estimate of drug-likeness (QED) is 0.782. The van der Waals surface area contributed by atoms with Crippen LogP contribution < -0.4 is 11.1 Å². The van der Waals surface area contributed by atoms with Crippen LogP contribution in [0.2, 0.25) is 0 Å². The smallest absolute Gasteiger partial charge is 0.249 e. The molecule has 1 amide bonds. The zero-order valence-corrected chi connectivity index (χ0v) is 16.1. The number of nitrogens with zero attached hydrogens (tertiary/aromatic N) is 1. The van der Waals surface area contributed by atoms with Gasteiger partial charge in [-0.2, -0.15) is 0 Å². The predicted octanol–water partition coefficient (Wildman–Crippen LogP) is 2.29. The lowest BCUT2D eigenvalue weighted by atomic mass is 10.1. The Morgan fingerprint density at radius 1 is 1.20 bits per heavy atom. The molecule has 2 fully saturated rings. The SMILES string of the molecule is Cl.Cl.NC[C@H]1CC[C@@H](C(=O)NC(CN2CCCC2)c2ccccc2)O1. The number of hydrogen-bond acceptors (Lipinski definition) is 4. The Morgan fingerprint density at radius 2 is 1.88 bits per heavy atom. The summed E-state index contributed by atoms with van der Waals surface area (Å²) in [5, 5.41) is 3.20. The summed E-state index contributed by atoms with van der Waals surface area (Å²) >= 11 is 0. The molecule has 2 aliphatic rings. The molecule has 3 rings (SSSR count). The fourth-order valence-corrected chi connectivity index (χ4v) is 3.48. The van der Waals surface area contributed by atoms with Gasteiger partial charge in [0, 0.05) is 13.1 Å². The Kier molecular flexibility index (Phi) is 9.75. The highest BCUT2D eigenvalue weighted by Gasteiger charge is 2.31. The first-order valence-electron chi connectivity index (χ1n) is 8.69. The molecule has 1 aromatic rings. The lowest BCUT2D eigenvalue weighted by Crippen LogP contribution is -2.42. The molecule has 3 atom stereocenters. The highest BCUT2D eigenvalue weighted by Crippen LogP contribution is 2.22. The summed E-state index contributed by atoms with van der Waals surface area (Å²) in [6.45, 7) is 3.59. The number of benzene rings is 1. The van der Waals surface area contributed by atoms with E-state index in [4.69, 9.17) is 10.5 Å². The molecular formula is C18H29Cl2N3O2. The molecular weight excluding hydrogens is 361 g/mol. The second-order valence-corrected chi connectivity index (χ2v) is 6.54. The Balaban J connectivity index is 0.00000156. The van der Waals surface area contributed by atoms with E-state index >= 15 is 0 Å². The standard InChI is InChI=1S/C18H27N3O2.2ClH/c19-12-15-8-9-17(23-15)18(22)20-16(13-21-10-4-5-11-21)14-6-2-1-3-7-14;;/h1-3,6-7,15-17H,4-5,8-13,19H2,(H,20,22);2*1H/t15-,16?,17+;;/m1../s1. The van der Waals surface area contributed by atoms with E-state index in [0.29, 0.717) is 6.54 Å². The van der Waals surface area contributed by atoms with Crippen molar-refractivity contribution in [3.05, 3.63) is 35.9 Å². The fourth-order valence-electron chi connectivity index (χ4n) is 3.48. The third-order valence-electron chi connectivity index (χ3n) is 4.82. The molecule has 0 spiro atoms. The second-order valence-electron chi connectivity index (χ2n) is 6.54. The maximum Gasteiger partial charge on any atom is 0.249 e. The van der Waals surface area contributed by atoms with Crippen molar-refractivity contribution in [2.45, 2.75) is 43.9 Å². The number of ether oxygens (including phenoxy) is 1. The molecule has 25 heavy (non-hydrogen) atoms. The average Bonchev–Trinajstić information content (AvgIpc) is 3.26. The Bertz CT molecular complexity index is 512. The summed E-state index contributed by atoms with van der Waals surface area (Å²) in [4.78, 5) is 15.0. The molecule has 7 heteroatoms. The Labute approximate surface area is 162 Å². The van der Waals surface area contributed by atoms with E-state index in [1.807, 2.05) is 18.2 Å². The summed E-state index contributed by atoms with van der Waals surface area (Å²) in [6.07, 6.45) is 3.81. The van der Waals surface area contributed by atoms with Crippen molar-refractivity contribution in [1.29, 1.82) is 0 Å². The summed E-state index contributed by atoms with van der Waals surface area (Å²) < 4.78 is 5.73. The van der Waals surface area contributed by atoms with Crippen molar-refractivity contribution in [2.24, 2.45) is 5.73 Å². The van der Waals surface area contributed by atoms with Crippen molar-refractivity contribution in [3.8, 4) is 0 Å². The van der Waals surface area contributed by atoms with Gasteiger partial charge < -0.3 is 20.7 Å². The number of amides is 1. The molecule has 0 bridgehead atoms. The number of halogens is 2. The number of nitrogens with one attached hydrogen (secondary N) is 1. The first-order valence-corrected chi connectivity index (χ1v) is 8.69. The van der Waals surface area contributed by atoms with Gasteiger partial charge in [-0.3, -0.25) is 4.79 Å². The van der Waals surface area contributed by atoms with Crippen molar-refractivity contribution in [3.63, 3.8) is 0 Å². The number of nitrogens with two attached hydrogens (primary N) is 1. The van der Waals surface area contributed by atoms with Crippen LogP contribution >= 0.6 is 24.8 Å². The van der Waals surface area contributed by atoms with E-state index in [2.05, 4.69) is 22.3 Å². The minimum atomic E-state index is -0.353. The minimum absolute atomic E-state index is 0. The van der Waals surface area contributed by atoms with Gasteiger partial charge in [0.05, 0.1) is 12.1 Å². The highest BCUT2D eigenvalue weighted by atomic mass is 35.5. The van der Waals surface area contributed by atoms with Crippen LogP contribution in [0.25, 0.3) is 0 Å². The van der Waals surface area contributed by atoms with E-state index < -0.39 is 0 Å². The number of likely N-dealkylation sites (tertiary alicyclic amines) is 1. The summed E-state index contributed by atoms with van der Waals surface area (Å²) in [5.74, 6) is -0.00556. The zero-order valence-electron chi connectivity index (χ0n) is 14.4. The minimum Gasteiger partial charge on any atom is -0.364 e. The lowest BCUT2D eigenvalue weighted by Gasteiger charge is -2.26. The third-order valence-corrected chi connectivity index (χ3v) is 4.82. The molecule has 2 heterocycles. The van der Waals surface area contributed by atoms with Crippen LogP contribution in [0.1, 0.15) is 37.3 Å².